The number of amides is 2. The number of carbonyl (C=O) groups excluding carboxylic acids is 2. The summed E-state index contributed by atoms with van der Waals surface area (Å²) in [6, 6.07) is 17.7. The van der Waals surface area contributed by atoms with Crippen LogP contribution in [0, 0.1) is 12.8 Å². The average molecular weight is 481 g/mol. The maximum absolute atomic E-state index is 13.0. The van der Waals surface area contributed by atoms with Crippen LogP contribution in [-0.2, 0) is 9.59 Å². The highest BCUT2D eigenvalue weighted by Gasteiger charge is 2.30. The zero-order valence-electron chi connectivity index (χ0n) is 18.8. The van der Waals surface area contributed by atoms with Gasteiger partial charge < -0.3 is 10.6 Å². The fraction of sp³-hybridized carbons (Fsp3) is 0.320. The van der Waals surface area contributed by atoms with Crippen LogP contribution in [0.1, 0.15) is 25.5 Å². The van der Waals surface area contributed by atoms with E-state index in [0.29, 0.717) is 18.2 Å². The number of anilines is 2. The summed E-state index contributed by atoms with van der Waals surface area (Å²) in [5.41, 5.74) is 1.73. The van der Waals surface area contributed by atoms with Crippen molar-refractivity contribution in [3.8, 4) is 0 Å². The molecule has 172 valence electrons. The number of nitrogens with one attached hydrogen (secondary N) is 2. The van der Waals surface area contributed by atoms with E-state index >= 15 is 0 Å². The summed E-state index contributed by atoms with van der Waals surface area (Å²) in [5, 5.41) is 8.61. The normalized spacial score (nSPS) is 15.7. The first-order valence-corrected chi connectivity index (χ1v) is 12.8. The lowest BCUT2D eigenvalue weighted by Crippen LogP contribution is -2.47. The molecule has 2 aromatic carbocycles. The number of aryl methyl sites for hydroxylation is 1. The predicted molar refractivity (Wildman–Crippen MR) is 135 cm³/mol. The molecule has 1 atom stereocenters. The molecule has 8 heteroatoms. The number of carbonyl (C=O) groups is 2. The molecule has 3 aromatic rings. The summed E-state index contributed by atoms with van der Waals surface area (Å²) in [6.45, 7) is 5.27. The molecule has 2 N–H and O–H groups in total. The molecule has 1 aromatic heterocycles. The van der Waals surface area contributed by atoms with Gasteiger partial charge >= 0.3 is 0 Å². The Hall–Kier alpha value is -2.68. The first kappa shape index (κ1) is 23.5. The Morgan fingerprint density at radius 2 is 1.76 bits per heavy atom. The van der Waals surface area contributed by atoms with Gasteiger partial charge in [0.25, 0.3) is 0 Å². The molecule has 0 radical (unpaired) electrons. The van der Waals surface area contributed by atoms with E-state index in [2.05, 4.69) is 32.7 Å². The third-order valence-electron chi connectivity index (χ3n) is 5.79. The van der Waals surface area contributed by atoms with Gasteiger partial charge in [-0.15, -0.1) is 11.3 Å². The molecule has 4 rings (SSSR count). The van der Waals surface area contributed by atoms with E-state index in [9.17, 15) is 9.59 Å². The monoisotopic (exact) mass is 480 g/mol. The molecule has 1 aliphatic heterocycles. The zero-order chi connectivity index (χ0) is 23.2. The second-order valence-electron chi connectivity index (χ2n) is 8.17. The van der Waals surface area contributed by atoms with Crippen molar-refractivity contribution in [3.63, 3.8) is 0 Å². The lowest BCUT2D eigenvalue weighted by molar-refractivity contribution is -0.123. The number of para-hydroxylation sites is 1. The molecule has 0 spiro atoms. The van der Waals surface area contributed by atoms with Crippen LogP contribution >= 0.6 is 23.1 Å². The Morgan fingerprint density at radius 1 is 1.06 bits per heavy atom. The predicted octanol–water partition coefficient (Wildman–Crippen LogP) is 5.28. The number of hydrogen-bond acceptors (Lipinski definition) is 6. The van der Waals surface area contributed by atoms with Crippen LogP contribution in [0.3, 0.4) is 0 Å². The molecule has 0 unspecified atom stereocenters. The number of benzene rings is 2. The first-order chi connectivity index (χ1) is 16.0. The summed E-state index contributed by atoms with van der Waals surface area (Å²) < 4.78 is 0. The van der Waals surface area contributed by atoms with E-state index in [0.717, 1.165) is 34.0 Å². The minimum atomic E-state index is -0.273. The maximum atomic E-state index is 13.0. The van der Waals surface area contributed by atoms with Gasteiger partial charge in [-0.3, -0.25) is 14.5 Å². The van der Waals surface area contributed by atoms with E-state index < -0.39 is 0 Å². The van der Waals surface area contributed by atoms with Crippen molar-refractivity contribution in [3.05, 3.63) is 65.7 Å². The topological polar surface area (TPSA) is 74.3 Å². The average Bonchev–Trinajstić information content (AvgIpc) is 3.25. The molecule has 2 heterocycles. The highest BCUT2D eigenvalue weighted by Crippen LogP contribution is 2.33. The summed E-state index contributed by atoms with van der Waals surface area (Å²) in [5.74, 6) is -0.0611. The van der Waals surface area contributed by atoms with Crippen LogP contribution < -0.4 is 10.6 Å². The zero-order valence-corrected chi connectivity index (χ0v) is 20.4. The Kier molecular flexibility index (Phi) is 7.80. The number of thiazole rings is 1. The number of nitrogens with zero attached hydrogens (tertiary/aromatic N) is 2. The van der Waals surface area contributed by atoms with Gasteiger partial charge in [-0.05, 0) is 64.0 Å². The second-order valence-corrected chi connectivity index (χ2v) is 10.1. The molecular weight excluding hydrogens is 452 g/mol. The Bertz CT molecular complexity index is 1090. The highest BCUT2D eigenvalue weighted by atomic mass is 32.2. The van der Waals surface area contributed by atoms with Gasteiger partial charge in [0.05, 0.1) is 17.4 Å². The molecular formula is C25H28N4O2S2. The summed E-state index contributed by atoms with van der Waals surface area (Å²) >= 11 is 3.08. The molecule has 6 nitrogen and oxygen atoms in total. The fourth-order valence-electron chi connectivity index (χ4n) is 3.85. The third-order valence-corrected chi connectivity index (χ3v) is 7.75. The van der Waals surface area contributed by atoms with Crippen molar-refractivity contribution in [2.75, 3.05) is 23.7 Å². The van der Waals surface area contributed by atoms with Crippen molar-refractivity contribution < 1.29 is 9.59 Å². The van der Waals surface area contributed by atoms with Gasteiger partial charge in [-0.1, -0.05) is 42.1 Å². The minimum Gasteiger partial charge on any atom is -0.324 e. The van der Waals surface area contributed by atoms with Gasteiger partial charge in [0.1, 0.15) is 0 Å². The van der Waals surface area contributed by atoms with E-state index in [1.807, 2.05) is 61.7 Å². The number of piperidine rings is 1. The van der Waals surface area contributed by atoms with Gasteiger partial charge in [-0.25, -0.2) is 4.98 Å². The largest absolute Gasteiger partial charge is 0.324 e. The van der Waals surface area contributed by atoms with Gasteiger partial charge in [0.15, 0.2) is 5.13 Å². The van der Waals surface area contributed by atoms with Crippen LogP contribution in [0.15, 0.2) is 69.8 Å². The minimum absolute atomic E-state index is 0.0213. The first-order valence-electron chi connectivity index (χ1n) is 11.1. The van der Waals surface area contributed by atoms with E-state index in [1.54, 1.807) is 11.8 Å². The number of likely N-dealkylation sites (tertiary alicyclic amines) is 1. The lowest BCUT2D eigenvalue weighted by atomic mass is 9.95. The molecule has 0 bridgehead atoms. The van der Waals surface area contributed by atoms with Crippen molar-refractivity contribution >= 4 is 45.7 Å². The van der Waals surface area contributed by atoms with Gasteiger partial charge in [0, 0.05) is 21.1 Å². The van der Waals surface area contributed by atoms with Crippen LogP contribution in [0.25, 0.3) is 0 Å². The quantitative estimate of drug-likeness (QED) is 0.481. The van der Waals surface area contributed by atoms with Crippen LogP contribution in [0.5, 0.6) is 0 Å². The van der Waals surface area contributed by atoms with E-state index in [-0.39, 0.29) is 23.8 Å². The standard InChI is InChI=1S/C25H28N4O2S2/c1-17-16-32-25(26-17)28-24(31)19-12-14-29(15-13-19)18(2)23(30)27-21-10-6-7-11-22(21)33-20-8-4-3-5-9-20/h3-11,16,18-19H,12-15H2,1-2H3,(H,27,30)(H,26,28,31)/t18-/m0/s1. The molecule has 1 fully saturated rings. The molecule has 2 amide bonds. The molecule has 33 heavy (non-hydrogen) atoms. The summed E-state index contributed by atoms with van der Waals surface area (Å²) in [6.07, 6.45) is 1.46. The highest BCUT2D eigenvalue weighted by molar-refractivity contribution is 7.99. The smallest absolute Gasteiger partial charge is 0.241 e. The number of aromatic nitrogens is 1. The van der Waals surface area contributed by atoms with Crippen molar-refractivity contribution in [1.82, 2.24) is 9.88 Å². The molecule has 0 saturated carbocycles. The Morgan fingerprint density at radius 3 is 2.45 bits per heavy atom. The van der Waals surface area contributed by atoms with Crippen molar-refractivity contribution in [1.29, 1.82) is 0 Å². The van der Waals surface area contributed by atoms with Gasteiger partial charge in [0.2, 0.25) is 11.8 Å². The second kappa shape index (κ2) is 11.0. The number of hydrogen-bond donors (Lipinski definition) is 2. The maximum Gasteiger partial charge on any atom is 0.241 e. The number of rotatable bonds is 7. The summed E-state index contributed by atoms with van der Waals surface area (Å²) in [7, 11) is 0. The Labute approximate surface area is 202 Å². The Balaban J connectivity index is 1.31. The molecule has 0 aliphatic carbocycles. The molecule has 1 aliphatic rings. The van der Waals surface area contributed by atoms with Crippen molar-refractivity contribution in [2.45, 2.75) is 42.5 Å². The van der Waals surface area contributed by atoms with E-state index in [4.69, 9.17) is 0 Å². The lowest BCUT2D eigenvalue weighted by Gasteiger charge is -2.34. The van der Waals surface area contributed by atoms with Crippen LogP contribution in [0.2, 0.25) is 0 Å². The third kappa shape index (κ3) is 6.22. The molecule has 1 saturated heterocycles. The summed E-state index contributed by atoms with van der Waals surface area (Å²) in [4.78, 5) is 34.2. The SMILES string of the molecule is Cc1csc(NC(=O)C2CCN([C@@H](C)C(=O)Nc3ccccc3Sc3ccccc3)CC2)n1. The van der Waals surface area contributed by atoms with Crippen LogP contribution in [-0.4, -0.2) is 40.8 Å². The van der Waals surface area contributed by atoms with Gasteiger partial charge in [-0.2, -0.15) is 0 Å². The van der Waals surface area contributed by atoms with E-state index in [1.165, 1.54) is 11.3 Å². The fourth-order valence-corrected chi connectivity index (χ4v) is 5.46. The van der Waals surface area contributed by atoms with Crippen molar-refractivity contribution in [2.24, 2.45) is 5.92 Å². The van der Waals surface area contributed by atoms with Crippen LogP contribution in [0.4, 0.5) is 10.8 Å².